The summed E-state index contributed by atoms with van der Waals surface area (Å²) in [7, 11) is 4.00. The van der Waals surface area contributed by atoms with E-state index in [0.29, 0.717) is 6.54 Å². The fraction of sp³-hybridized carbons (Fsp3) is 0.714. The van der Waals surface area contributed by atoms with Crippen LogP contribution in [-0.4, -0.2) is 48.8 Å². The normalized spacial score (nSPS) is 35.5. The summed E-state index contributed by atoms with van der Waals surface area (Å²) in [6.45, 7) is 5.21. The molecule has 0 aromatic rings. The Balaban J connectivity index is 2.31. The van der Waals surface area contributed by atoms with Gasteiger partial charge < -0.3 is 4.90 Å². The van der Waals surface area contributed by atoms with Crippen molar-refractivity contribution in [2.24, 2.45) is 23.7 Å². The number of likely N-dealkylation sites (tertiary alicyclic amines) is 1. The van der Waals surface area contributed by atoms with E-state index in [4.69, 9.17) is 0 Å². The van der Waals surface area contributed by atoms with Gasteiger partial charge in [0, 0.05) is 19.0 Å². The number of hydrogen-bond acceptors (Lipinski definition) is 3. The van der Waals surface area contributed by atoms with Crippen LogP contribution in [0.3, 0.4) is 0 Å². The zero-order chi connectivity index (χ0) is 13.4. The van der Waals surface area contributed by atoms with Crippen LogP contribution in [-0.2, 0) is 9.59 Å². The fourth-order valence-electron chi connectivity index (χ4n) is 3.24. The van der Waals surface area contributed by atoms with Crippen molar-refractivity contribution >= 4 is 11.8 Å². The van der Waals surface area contributed by atoms with E-state index in [2.05, 4.69) is 17.1 Å². The van der Waals surface area contributed by atoms with Gasteiger partial charge in [0.15, 0.2) is 0 Å². The number of hydrogen-bond donors (Lipinski definition) is 0. The van der Waals surface area contributed by atoms with E-state index in [9.17, 15) is 9.59 Å². The predicted octanol–water partition coefficient (Wildman–Crippen LogP) is 0.991. The third-order valence-corrected chi connectivity index (χ3v) is 4.07. The topological polar surface area (TPSA) is 40.6 Å². The first-order valence-corrected chi connectivity index (χ1v) is 6.65. The van der Waals surface area contributed by atoms with E-state index in [-0.39, 0.29) is 35.5 Å². The molecule has 0 bridgehead atoms. The highest BCUT2D eigenvalue weighted by Crippen LogP contribution is 2.41. The predicted molar refractivity (Wildman–Crippen MR) is 69.7 cm³/mol. The first-order valence-electron chi connectivity index (χ1n) is 6.65. The van der Waals surface area contributed by atoms with Crippen LogP contribution in [0.15, 0.2) is 12.2 Å². The van der Waals surface area contributed by atoms with Crippen LogP contribution < -0.4 is 0 Å². The molecule has 4 nitrogen and oxygen atoms in total. The van der Waals surface area contributed by atoms with E-state index < -0.39 is 0 Å². The second-order valence-corrected chi connectivity index (χ2v) is 5.64. The molecule has 0 aromatic heterocycles. The van der Waals surface area contributed by atoms with Crippen molar-refractivity contribution in [1.82, 2.24) is 9.80 Å². The SMILES string of the molecule is CCN1C(=O)C2C(C)C=CC(CN(C)C)C2C1=O. The molecule has 2 rings (SSSR count). The second kappa shape index (κ2) is 4.84. The molecule has 4 atom stereocenters. The summed E-state index contributed by atoms with van der Waals surface area (Å²) in [5, 5.41) is 0. The molecule has 0 N–H and O–H groups in total. The van der Waals surface area contributed by atoms with Crippen molar-refractivity contribution in [3.63, 3.8) is 0 Å². The van der Waals surface area contributed by atoms with Crippen molar-refractivity contribution in [3.05, 3.63) is 12.2 Å². The van der Waals surface area contributed by atoms with Gasteiger partial charge in [0.1, 0.15) is 0 Å². The lowest BCUT2D eigenvalue weighted by Crippen LogP contribution is -2.37. The van der Waals surface area contributed by atoms with Gasteiger partial charge in [-0.15, -0.1) is 0 Å². The maximum absolute atomic E-state index is 12.4. The summed E-state index contributed by atoms with van der Waals surface area (Å²) < 4.78 is 0. The molecule has 2 aliphatic rings. The number of rotatable bonds is 3. The number of allylic oxidation sites excluding steroid dienone is 1. The summed E-state index contributed by atoms with van der Waals surface area (Å²) in [5.41, 5.74) is 0. The van der Waals surface area contributed by atoms with E-state index >= 15 is 0 Å². The Bertz CT molecular complexity index is 389. The van der Waals surface area contributed by atoms with Crippen molar-refractivity contribution in [3.8, 4) is 0 Å². The van der Waals surface area contributed by atoms with Crippen LogP contribution in [0.4, 0.5) is 0 Å². The molecule has 1 fully saturated rings. The monoisotopic (exact) mass is 250 g/mol. The zero-order valence-electron chi connectivity index (χ0n) is 11.6. The molecular formula is C14H22N2O2. The van der Waals surface area contributed by atoms with Gasteiger partial charge in [-0.3, -0.25) is 14.5 Å². The molecule has 0 saturated carbocycles. The summed E-state index contributed by atoms with van der Waals surface area (Å²) >= 11 is 0. The van der Waals surface area contributed by atoms with Crippen LogP contribution in [0.25, 0.3) is 0 Å². The van der Waals surface area contributed by atoms with Gasteiger partial charge in [0.05, 0.1) is 11.8 Å². The van der Waals surface area contributed by atoms with Crippen LogP contribution in [0, 0.1) is 23.7 Å². The highest BCUT2D eigenvalue weighted by molar-refractivity contribution is 6.05. The molecule has 1 aliphatic carbocycles. The van der Waals surface area contributed by atoms with Gasteiger partial charge in [-0.2, -0.15) is 0 Å². The molecule has 4 heteroatoms. The lowest BCUT2D eigenvalue weighted by molar-refractivity contribution is -0.139. The molecule has 1 saturated heterocycles. The van der Waals surface area contributed by atoms with Crippen molar-refractivity contribution < 1.29 is 9.59 Å². The number of carbonyl (C=O) groups excluding carboxylic acids is 2. The Morgan fingerprint density at radius 3 is 2.33 bits per heavy atom. The Morgan fingerprint density at radius 2 is 1.78 bits per heavy atom. The Kier molecular flexibility index (Phi) is 3.57. The molecular weight excluding hydrogens is 228 g/mol. The minimum atomic E-state index is -0.153. The summed E-state index contributed by atoms with van der Waals surface area (Å²) in [4.78, 5) is 28.2. The summed E-state index contributed by atoms with van der Waals surface area (Å²) in [5.74, 6) is 0.0755. The van der Waals surface area contributed by atoms with E-state index in [1.54, 1.807) is 0 Å². The molecule has 4 unspecified atom stereocenters. The van der Waals surface area contributed by atoms with Crippen LogP contribution >= 0.6 is 0 Å². The Labute approximate surface area is 109 Å². The van der Waals surface area contributed by atoms with E-state index in [0.717, 1.165) is 6.54 Å². The third-order valence-electron chi connectivity index (χ3n) is 4.07. The maximum atomic E-state index is 12.4. The number of fused-ring (bicyclic) bond motifs is 1. The number of amides is 2. The third kappa shape index (κ3) is 1.99. The number of carbonyl (C=O) groups is 2. The van der Waals surface area contributed by atoms with Crippen molar-refractivity contribution in [1.29, 1.82) is 0 Å². The average molecular weight is 250 g/mol. The zero-order valence-corrected chi connectivity index (χ0v) is 11.6. The van der Waals surface area contributed by atoms with Crippen molar-refractivity contribution in [2.45, 2.75) is 13.8 Å². The molecule has 1 heterocycles. The van der Waals surface area contributed by atoms with Gasteiger partial charge in [-0.1, -0.05) is 19.1 Å². The maximum Gasteiger partial charge on any atom is 0.233 e. The minimum Gasteiger partial charge on any atom is -0.309 e. The molecule has 100 valence electrons. The van der Waals surface area contributed by atoms with E-state index in [1.807, 2.05) is 27.9 Å². The average Bonchev–Trinajstić information content (AvgIpc) is 2.55. The van der Waals surface area contributed by atoms with Gasteiger partial charge in [-0.25, -0.2) is 0 Å². The molecule has 1 aliphatic heterocycles. The molecule has 18 heavy (non-hydrogen) atoms. The van der Waals surface area contributed by atoms with Gasteiger partial charge in [0.2, 0.25) is 11.8 Å². The number of nitrogens with zero attached hydrogens (tertiary/aromatic N) is 2. The van der Waals surface area contributed by atoms with Crippen LogP contribution in [0.2, 0.25) is 0 Å². The highest BCUT2D eigenvalue weighted by Gasteiger charge is 2.52. The van der Waals surface area contributed by atoms with Crippen LogP contribution in [0.5, 0.6) is 0 Å². The van der Waals surface area contributed by atoms with Crippen molar-refractivity contribution in [2.75, 3.05) is 27.2 Å². The Hall–Kier alpha value is -1.16. The first kappa shape index (κ1) is 13.3. The van der Waals surface area contributed by atoms with Gasteiger partial charge >= 0.3 is 0 Å². The fourth-order valence-corrected chi connectivity index (χ4v) is 3.24. The standard InChI is InChI=1S/C14H22N2O2/c1-5-16-13(17)11-9(2)6-7-10(8-15(3)4)12(11)14(16)18/h6-7,9-12H,5,8H2,1-4H3. The van der Waals surface area contributed by atoms with Gasteiger partial charge in [0.25, 0.3) is 0 Å². The molecule has 0 aromatic carbocycles. The summed E-state index contributed by atoms with van der Waals surface area (Å²) in [6.07, 6.45) is 4.22. The smallest absolute Gasteiger partial charge is 0.233 e. The molecule has 0 radical (unpaired) electrons. The van der Waals surface area contributed by atoms with Gasteiger partial charge in [-0.05, 0) is 26.9 Å². The quantitative estimate of drug-likeness (QED) is 0.554. The minimum absolute atomic E-state index is 0.0214. The molecule has 0 spiro atoms. The number of imide groups is 1. The summed E-state index contributed by atoms with van der Waals surface area (Å²) in [6, 6.07) is 0. The lowest BCUT2D eigenvalue weighted by Gasteiger charge is -2.31. The van der Waals surface area contributed by atoms with E-state index in [1.165, 1.54) is 4.90 Å². The highest BCUT2D eigenvalue weighted by atomic mass is 16.2. The lowest BCUT2D eigenvalue weighted by atomic mass is 9.72. The first-order chi connectivity index (χ1) is 8.47. The van der Waals surface area contributed by atoms with Crippen LogP contribution in [0.1, 0.15) is 13.8 Å². The second-order valence-electron chi connectivity index (χ2n) is 5.64. The Morgan fingerprint density at radius 1 is 1.17 bits per heavy atom. The largest absolute Gasteiger partial charge is 0.309 e. The molecule has 2 amide bonds.